The number of ether oxygens (including phenoxy) is 2. The van der Waals surface area contributed by atoms with Gasteiger partial charge < -0.3 is 50.5 Å². The number of unbranched alkanes of at least 4 members (excludes halogenated alkanes) is 50. The number of hydrogen-bond acceptors (Lipinski definition) is 10. The van der Waals surface area contributed by atoms with Gasteiger partial charge in [0, 0.05) is 0 Å². The quantitative estimate of drug-likeness (QED) is 0.0215. The van der Waals surface area contributed by atoms with E-state index in [-0.39, 0.29) is 6.42 Å². The van der Waals surface area contributed by atoms with Crippen LogP contribution in [0.4, 0.5) is 0 Å². The monoisotopic (exact) mass is 1170 g/mol. The zero-order valence-electron chi connectivity index (χ0n) is 54.0. The minimum atomic E-state index is -1.66. The van der Waals surface area contributed by atoms with Crippen molar-refractivity contribution in [2.75, 3.05) is 13.2 Å². The second-order valence-corrected chi connectivity index (χ2v) is 25.7. The molecule has 82 heavy (non-hydrogen) atoms. The molecular weight excluding hydrogens is 1030 g/mol. The zero-order chi connectivity index (χ0) is 59.6. The highest BCUT2D eigenvalue weighted by Crippen LogP contribution is 2.24. The van der Waals surface area contributed by atoms with Crippen molar-refractivity contribution >= 4 is 5.91 Å². The summed E-state index contributed by atoms with van der Waals surface area (Å²) in [6.45, 7) is 3.53. The first-order valence-electron chi connectivity index (χ1n) is 36.1. The van der Waals surface area contributed by atoms with E-state index in [1.807, 2.05) is 0 Å². The van der Waals surface area contributed by atoms with Gasteiger partial charge in [0.25, 0.3) is 0 Å². The third-order valence-corrected chi connectivity index (χ3v) is 17.8. The van der Waals surface area contributed by atoms with Crippen molar-refractivity contribution in [1.29, 1.82) is 0 Å². The summed E-state index contributed by atoms with van der Waals surface area (Å²) in [5.74, 6) is -0.689. The number of nitrogens with one attached hydrogen (secondary N) is 1. The van der Waals surface area contributed by atoms with E-state index in [0.29, 0.717) is 19.3 Å². The fraction of sp³-hybridized carbons (Fsp3) is 0.958. The average molecular weight is 1170 g/mol. The molecule has 0 aliphatic carbocycles. The Morgan fingerprint density at radius 2 is 0.707 bits per heavy atom. The van der Waals surface area contributed by atoms with Crippen molar-refractivity contribution in [3.8, 4) is 0 Å². The van der Waals surface area contributed by atoms with E-state index in [9.17, 15) is 40.5 Å². The molecule has 488 valence electrons. The Balaban J connectivity index is 2.18. The third kappa shape index (κ3) is 47.0. The Morgan fingerprint density at radius 1 is 0.415 bits per heavy atom. The van der Waals surface area contributed by atoms with E-state index >= 15 is 0 Å². The van der Waals surface area contributed by atoms with Crippen LogP contribution in [0, 0.1) is 0 Å². The molecule has 11 heteroatoms. The predicted octanol–water partition coefficient (Wildman–Crippen LogP) is 17.4. The molecule has 1 saturated heterocycles. The number of aliphatic hydroxyl groups excluding tert-OH is 7. The Hall–Kier alpha value is -1.15. The van der Waals surface area contributed by atoms with Gasteiger partial charge in [-0.15, -0.1) is 0 Å². The summed E-state index contributed by atoms with van der Waals surface area (Å²) in [6.07, 6.45) is 62.9. The molecule has 1 fully saturated rings. The highest BCUT2D eigenvalue weighted by molar-refractivity contribution is 5.80. The van der Waals surface area contributed by atoms with E-state index in [2.05, 4.69) is 31.3 Å². The number of carbonyl (C=O) groups excluding carboxylic acids is 1. The highest BCUT2D eigenvalue weighted by Gasteiger charge is 2.44. The van der Waals surface area contributed by atoms with Gasteiger partial charge in [-0.3, -0.25) is 4.79 Å². The molecule has 0 bridgehead atoms. The molecule has 0 spiro atoms. The van der Waals surface area contributed by atoms with E-state index in [4.69, 9.17) is 9.47 Å². The number of carbonyl (C=O) groups is 1. The molecule has 1 aliphatic heterocycles. The lowest BCUT2D eigenvalue weighted by atomic mass is 9.98. The van der Waals surface area contributed by atoms with Crippen molar-refractivity contribution in [2.45, 2.75) is 422 Å². The second kappa shape index (κ2) is 60.1. The van der Waals surface area contributed by atoms with Crippen molar-refractivity contribution in [3.05, 3.63) is 12.2 Å². The van der Waals surface area contributed by atoms with Crippen molar-refractivity contribution in [3.63, 3.8) is 0 Å². The molecule has 11 nitrogen and oxygen atoms in total. The molecule has 1 aliphatic rings. The van der Waals surface area contributed by atoms with Crippen LogP contribution in [0.2, 0.25) is 0 Å². The minimum absolute atomic E-state index is 0.264. The fourth-order valence-electron chi connectivity index (χ4n) is 12.0. The lowest BCUT2D eigenvalue weighted by Gasteiger charge is -2.40. The van der Waals surface area contributed by atoms with Crippen LogP contribution in [0.25, 0.3) is 0 Å². The lowest BCUT2D eigenvalue weighted by molar-refractivity contribution is -0.303. The topological polar surface area (TPSA) is 189 Å². The van der Waals surface area contributed by atoms with Gasteiger partial charge in [0.05, 0.1) is 25.4 Å². The van der Waals surface area contributed by atoms with Crippen molar-refractivity contribution < 1.29 is 50.0 Å². The van der Waals surface area contributed by atoms with Gasteiger partial charge in [0.2, 0.25) is 5.91 Å². The van der Waals surface area contributed by atoms with Crippen LogP contribution in [-0.4, -0.2) is 110 Å². The predicted molar refractivity (Wildman–Crippen MR) is 344 cm³/mol. The van der Waals surface area contributed by atoms with E-state index in [0.717, 1.165) is 38.5 Å². The summed E-state index contributed by atoms with van der Waals surface area (Å²) < 4.78 is 11.2. The van der Waals surface area contributed by atoms with Crippen LogP contribution in [-0.2, 0) is 14.3 Å². The summed E-state index contributed by atoms with van der Waals surface area (Å²) in [6, 6.07) is -1.17. The van der Waals surface area contributed by atoms with Gasteiger partial charge in [-0.2, -0.15) is 0 Å². The van der Waals surface area contributed by atoms with Gasteiger partial charge in [0.1, 0.15) is 36.6 Å². The Bertz CT molecular complexity index is 1340. The van der Waals surface area contributed by atoms with Crippen LogP contribution < -0.4 is 5.32 Å². The van der Waals surface area contributed by atoms with Gasteiger partial charge in [-0.05, 0) is 38.5 Å². The first-order valence-corrected chi connectivity index (χ1v) is 36.1. The normalized spacial score (nSPS) is 19.1. The van der Waals surface area contributed by atoms with E-state index in [1.165, 1.54) is 289 Å². The molecule has 0 saturated carbocycles. The zero-order valence-corrected chi connectivity index (χ0v) is 54.0. The summed E-state index contributed by atoms with van der Waals surface area (Å²) in [5, 5.41) is 76.6. The van der Waals surface area contributed by atoms with Crippen LogP contribution in [0.5, 0.6) is 0 Å². The molecule has 1 amide bonds. The molecule has 0 aromatic carbocycles. The largest absolute Gasteiger partial charge is 0.394 e. The molecule has 0 aromatic heterocycles. The molecule has 9 unspecified atom stereocenters. The molecule has 1 rings (SSSR count). The van der Waals surface area contributed by atoms with Crippen LogP contribution in [0.1, 0.15) is 367 Å². The number of hydrogen-bond donors (Lipinski definition) is 8. The average Bonchev–Trinajstić information content (AvgIpc) is 3.50. The first-order chi connectivity index (χ1) is 40.2. The Kier molecular flexibility index (Phi) is 57.8. The lowest BCUT2D eigenvalue weighted by Crippen LogP contribution is -2.60. The minimum Gasteiger partial charge on any atom is -0.394 e. The van der Waals surface area contributed by atoms with E-state index < -0.39 is 74.2 Å². The number of allylic oxidation sites excluding steroid dienone is 2. The van der Waals surface area contributed by atoms with Crippen molar-refractivity contribution in [1.82, 2.24) is 5.32 Å². The summed E-state index contributed by atoms with van der Waals surface area (Å²) in [5.41, 5.74) is 0. The Morgan fingerprint density at radius 3 is 1.02 bits per heavy atom. The van der Waals surface area contributed by atoms with Crippen LogP contribution in [0.15, 0.2) is 12.2 Å². The van der Waals surface area contributed by atoms with Gasteiger partial charge in [-0.1, -0.05) is 341 Å². The molecule has 1 heterocycles. The maximum Gasteiger partial charge on any atom is 0.249 e. The maximum absolute atomic E-state index is 13.3. The first kappa shape index (κ1) is 78.9. The number of aliphatic hydroxyl groups is 7. The third-order valence-electron chi connectivity index (χ3n) is 17.8. The number of rotatable bonds is 64. The summed E-state index contributed by atoms with van der Waals surface area (Å²) in [4.78, 5) is 13.3. The van der Waals surface area contributed by atoms with Crippen LogP contribution in [0.3, 0.4) is 0 Å². The molecule has 0 radical (unpaired) electrons. The number of amides is 1. The van der Waals surface area contributed by atoms with Crippen molar-refractivity contribution in [2.24, 2.45) is 0 Å². The van der Waals surface area contributed by atoms with Gasteiger partial charge >= 0.3 is 0 Å². The highest BCUT2D eigenvalue weighted by atomic mass is 16.7. The molecule has 0 aromatic rings. The smallest absolute Gasteiger partial charge is 0.249 e. The van der Waals surface area contributed by atoms with Gasteiger partial charge in [-0.25, -0.2) is 0 Å². The molecule has 9 atom stereocenters. The SMILES string of the molecule is CCCCCCCCCCCCCC/C=C\CCCCCCCCCCCCCCCCC(O)C(=O)NC(COC1OC(CO)C(O)C(O)C1O)C(O)C(O)CCCCCCCCCCCCCCCCCCCCCCCCCCC. The Labute approximate surface area is 506 Å². The molecular formula is C71H139NO10. The van der Waals surface area contributed by atoms with E-state index in [1.54, 1.807) is 0 Å². The summed E-state index contributed by atoms with van der Waals surface area (Å²) in [7, 11) is 0. The summed E-state index contributed by atoms with van der Waals surface area (Å²) >= 11 is 0. The standard InChI is InChI=1S/C71H139NO10/c1-3-5-7-9-11-13-15-17-19-21-23-25-27-29-30-31-32-33-35-37-39-41-43-45-47-49-51-53-55-57-59-64(75)70(80)72-62(61-81-71-69(79)68(78)67(77)65(60-73)82-71)66(76)63(74)58-56-54-52-50-48-46-44-42-40-38-36-34-28-26-24-22-20-18-16-14-12-10-8-6-4-2/h29-30,62-69,71,73-79H,3-28,31-61H2,1-2H3,(H,72,80)/b30-29-. The molecule has 8 N–H and O–H groups in total. The fourth-order valence-corrected chi connectivity index (χ4v) is 12.0. The second-order valence-electron chi connectivity index (χ2n) is 25.7. The van der Waals surface area contributed by atoms with Crippen LogP contribution >= 0.6 is 0 Å². The van der Waals surface area contributed by atoms with Gasteiger partial charge in [0.15, 0.2) is 6.29 Å². The maximum atomic E-state index is 13.3.